The Morgan fingerprint density at radius 3 is 0.986 bits per heavy atom. The van der Waals surface area contributed by atoms with Gasteiger partial charge in [-0.3, -0.25) is 14.4 Å². The minimum atomic E-state index is -0.791. The van der Waals surface area contributed by atoms with Gasteiger partial charge in [0.15, 0.2) is 6.10 Å². The van der Waals surface area contributed by atoms with Crippen molar-refractivity contribution in [2.75, 3.05) is 13.2 Å². The van der Waals surface area contributed by atoms with Gasteiger partial charge in [0.05, 0.1) is 0 Å². The molecule has 0 N–H and O–H groups in total. The molecule has 1 atom stereocenters. The number of esters is 3. The molecule has 0 heterocycles. The number of allylic oxidation sites excluding steroid dienone is 12. The van der Waals surface area contributed by atoms with Gasteiger partial charge >= 0.3 is 17.9 Å². The molecule has 1 unspecified atom stereocenters. The Balaban J connectivity index is 4.42. The Labute approximate surface area is 433 Å². The molecule has 6 nitrogen and oxygen atoms in total. The van der Waals surface area contributed by atoms with Crippen LogP contribution in [0.15, 0.2) is 72.9 Å². The minimum absolute atomic E-state index is 0.0876. The third-order valence-electron chi connectivity index (χ3n) is 12.9. The quantitative estimate of drug-likeness (QED) is 0.0199. The molecule has 0 aromatic rings. The zero-order valence-corrected chi connectivity index (χ0v) is 46.3. The van der Waals surface area contributed by atoms with E-state index in [4.69, 9.17) is 14.2 Å². The van der Waals surface area contributed by atoms with E-state index in [0.717, 1.165) is 89.9 Å². The fraction of sp³-hybridized carbons (Fsp3) is 0.766. The van der Waals surface area contributed by atoms with E-state index >= 15 is 0 Å². The molecule has 6 heteroatoms. The first-order chi connectivity index (χ1) is 34.5. The van der Waals surface area contributed by atoms with Crippen LogP contribution in [0, 0.1) is 0 Å². The molecule has 0 radical (unpaired) electrons. The van der Waals surface area contributed by atoms with E-state index < -0.39 is 6.10 Å². The number of hydrogen-bond acceptors (Lipinski definition) is 6. The van der Waals surface area contributed by atoms with Crippen molar-refractivity contribution >= 4 is 17.9 Å². The lowest BCUT2D eigenvalue weighted by Crippen LogP contribution is -2.30. The predicted octanol–water partition coefficient (Wildman–Crippen LogP) is 20.2. The topological polar surface area (TPSA) is 78.9 Å². The SMILES string of the molecule is CC/C=C\C/C=C\C/C=C\CCCCCCCCCCCC(=O)OCC(COC(=O)CCCCC/C=C\C=C/CCCCCCCCC)OC(=O)CCCCCCCCC/C=C\CCCCCCCC. The van der Waals surface area contributed by atoms with Gasteiger partial charge in [-0.1, -0.05) is 248 Å². The predicted molar refractivity (Wildman–Crippen MR) is 302 cm³/mol. The molecule has 0 aromatic carbocycles. The molecule has 0 aliphatic rings. The summed E-state index contributed by atoms with van der Waals surface area (Å²) in [6.07, 6.45) is 74.6. The Morgan fingerprint density at radius 1 is 0.314 bits per heavy atom. The lowest BCUT2D eigenvalue weighted by Gasteiger charge is -2.18. The second-order valence-electron chi connectivity index (χ2n) is 19.9. The van der Waals surface area contributed by atoms with Gasteiger partial charge in [0.1, 0.15) is 13.2 Å². The maximum Gasteiger partial charge on any atom is 0.306 e. The third kappa shape index (κ3) is 55.8. The van der Waals surface area contributed by atoms with Crippen LogP contribution in [0.2, 0.25) is 0 Å². The molecule has 0 aliphatic carbocycles. The van der Waals surface area contributed by atoms with E-state index in [1.165, 1.54) is 167 Å². The molecule has 0 fully saturated rings. The summed E-state index contributed by atoms with van der Waals surface area (Å²) in [5.74, 6) is -0.914. The van der Waals surface area contributed by atoms with Gasteiger partial charge in [0.2, 0.25) is 0 Å². The van der Waals surface area contributed by atoms with Crippen LogP contribution in [0.5, 0.6) is 0 Å². The molecular weight excluding hydrogens is 865 g/mol. The van der Waals surface area contributed by atoms with Gasteiger partial charge in [-0.15, -0.1) is 0 Å². The summed E-state index contributed by atoms with van der Waals surface area (Å²) in [4.78, 5) is 38.2. The van der Waals surface area contributed by atoms with Crippen LogP contribution < -0.4 is 0 Å². The largest absolute Gasteiger partial charge is 0.462 e. The molecule has 0 rings (SSSR count). The minimum Gasteiger partial charge on any atom is -0.462 e. The first-order valence-corrected chi connectivity index (χ1v) is 30.0. The van der Waals surface area contributed by atoms with E-state index in [1.807, 2.05) is 0 Å². The summed E-state index contributed by atoms with van der Waals surface area (Å²) in [5, 5.41) is 0. The third-order valence-corrected chi connectivity index (χ3v) is 12.9. The second-order valence-corrected chi connectivity index (χ2v) is 19.9. The van der Waals surface area contributed by atoms with Crippen molar-refractivity contribution in [1.29, 1.82) is 0 Å². The van der Waals surface area contributed by atoms with Gasteiger partial charge in [-0.25, -0.2) is 0 Å². The molecule has 0 aromatic heterocycles. The number of ether oxygens (including phenoxy) is 3. The molecule has 0 spiro atoms. The van der Waals surface area contributed by atoms with Gasteiger partial charge in [0, 0.05) is 19.3 Å². The number of rotatable bonds is 54. The van der Waals surface area contributed by atoms with Crippen molar-refractivity contribution in [3.05, 3.63) is 72.9 Å². The van der Waals surface area contributed by atoms with Crippen molar-refractivity contribution < 1.29 is 28.6 Å². The average molecular weight is 978 g/mol. The molecule has 0 aliphatic heterocycles. The van der Waals surface area contributed by atoms with E-state index in [0.29, 0.717) is 19.3 Å². The number of carbonyl (C=O) groups is 3. The number of carbonyl (C=O) groups excluding carboxylic acids is 3. The van der Waals surface area contributed by atoms with Gasteiger partial charge < -0.3 is 14.2 Å². The Bertz CT molecular complexity index is 1310. The maximum absolute atomic E-state index is 12.9. The number of unbranched alkanes of at least 4 members (excludes halogenated alkanes) is 32. The Morgan fingerprint density at radius 2 is 0.600 bits per heavy atom. The Hall–Kier alpha value is -3.15. The van der Waals surface area contributed by atoms with Crippen LogP contribution in [-0.2, 0) is 28.6 Å². The van der Waals surface area contributed by atoms with Crippen molar-refractivity contribution in [3.8, 4) is 0 Å². The summed E-state index contributed by atoms with van der Waals surface area (Å²) in [6.45, 7) is 6.52. The lowest BCUT2D eigenvalue weighted by atomic mass is 10.1. The first kappa shape index (κ1) is 66.9. The summed E-state index contributed by atoms with van der Waals surface area (Å²) >= 11 is 0. The highest BCUT2D eigenvalue weighted by molar-refractivity contribution is 5.71. The molecule has 0 saturated carbocycles. The van der Waals surface area contributed by atoms with Crippen LogP contribution >= 0.6 is 0 Å². The average Bonchev–Trinajstić information content (AvgIpc) is 3.36. The highest BCUT2D eigenvalue weighted by Crippen LogP contribution is 2.15. The zero-order valence-electron chi connectivity index (χ0n) is 46.3. The fourth-order valence-corrected chi connectivity index (χ4v) is 8.44. The summed E-state index contributed by atoms with van der Waals surface area (Å²) < 4.78 is 16.9. The van der Waals surface area contributed by atoms with Crippen LogP contribution in [-0.4, -0.2) is 37.2 Å². The van der Waals surface area contributed by atoms with E-state index in [1.54, 1.807) is 0 Å². The Kier molecular flexibility index (Phi) is 55.8. The summed E-state index contributed by atoms with van der Waals surface area (Å²) in [6, 6.07) is 0. The van der Waals surface area contributed by atoms with E-state index in [-0.39, 0.29) is 31.1 Å². The fourth-order valence-electron chi connectivity index (χ4n) is 8.44. The van der Waals surface area contributed by atoms with E-state index in [9.17, 15) is 14.4 Å². The molecule has 70 heavy (non-hydrogen) atoms. The van der Waals surface area contributed by atoms with Crippen molar-refractivity contribution in [2.45, 2.75) is 303 Å². The van der Waals surface area contributed by atoms with Crippen molar-refractivity contribution in [1.82, 2.24) is 0 Å². The monoisotopic (exact) mass is 977 g/mol. The van der Waals surface area contributed by atoms with Crippen LogP contribution in [0.25, 0.3) is 0 Å². The highest BCUT2D eigenvalue weighted by atomic mass is 16.6. The summed E-state index contributed by atoms with van der Waals surface area (Å²) in [7, 11) is 0. The van der Waals surface area contributed by atoms with Crippen molar-refractivity contribution in [2.24, 2.45) is 0 Å². The van der Waals surface area contributed by atoms with Crippen LogP contribution in [0.3, 0.4) is 0 Å². The zero-order chi connectivity index (χ0) is 50.7. The van der Waals surface area contributed by atoms with E-state index in [2.05, 4.69) is 93.7 Å². The molecular formula is C64H112O6. The molecule has 404 valence electrons. The van der Waals surface area contributed by atoms with Crippen LogP contribution in [0.1, 0.15) is 297 Å². The lowest BCUT2D eigenvalue weighted by molar-refractivity contribution is -0.167. The normalized spacial score (nSPS) is 12.6. The molecule has 0 bridgehead atoms. The highest BCUT2D eigenvalue weighted by Gasteiger charge is 2.19. The maximum atomic E-state index is 12.9. The summed E-state index contributed by atoms with van der Waals surface area (Å²) in [5.41, 5.74) is 0. The van der Waals surface area contributed by atoms with Crippen LogP contribution in [0.4, 0.5) is 0 Å². The number of hydrogen-bond donors (Lipinski definition) is 0. The standard InChI is InChI=1S/C64H112O6/c1-4-7-10-13-16-19-22-25-28-31-32-34-36-39-42-45-48-51-54-57-63(66)69-60-61(59-68-62(65)56-53-50-47-44-41-38-35-30-27-24-21-18-15-12-9-6-3)70-64(67)58-55-52-49-46-43-40-37-33-29-26-23-20-17-14-11-8-5-2/h7,10,16,19,25-26,28-30,35,38,41,61H,4-6,8-9,11-15,17-18,20-24,27,31-34,36-37,39-40,42-60H2,1-3H3/b10-7-,19-16-,28-25-,29-26-,35-30-,41-38-. The first-order valence-electron chi connectivity index (χ1n) is 30.0. The van der Waals surface area contributed by atoms with Crippen molar-refractivity contribution in [3.63, 3.8) is 0 Å². The molecule has 0 amide bonds. The molecule has 0 saturated heterocycles. The second kappa shape index (κ2) is 58.4. The van der Waals surface area contributed by atoms with Gasteiger partial charge in [-0.05, 0) is 103 Å². The van der Waals surface area contributed by atoms with Gasteiger partial charge in [-0.2, -0.15) is 0 Å². The van der Waals surface area contributed by atoms with Gasteiger partial charge in [0.25, 0.3) is 0 Å². The smallest absolute Gasteiger partial charge is 0.306 e.